The van der Waals surface area contributed by atoms with Gasteiger partial charge in [-0.25, -0.2) is 4.79 Å². The maximum Gasteiger partial charge on any atom is 0.335 e. The summed E-state index contributed by atoms with van der Waals surface area (Å²) in [5, 5.41) is 8.92. The lowest BCUT2D eigenvalue weighted by atomic mass is 10.1. The number of aromatic carboxylic acids is 1. The van der Waals surface area contributed by atoms with Crippen LogP contribution in [0, 0.1) is 0 Å². The Labute approximate surface area is 153 Å². The second-order valence-electron chi connectivity index (χ2n) is 5.89. The molecule has 0 aliphatic heterocycles. The molecular formula is C23H20O3. The lowest BCUT2D eigenvalue weighted by Gasteiger charge is -2.10. The van der Waals surface area contributed by atoms with Crippen molar-refractivity contribution in [1.29, 1.82) is 0 Å². The number of carboxylic acids is 1. The maximum absolute atomic E-state index is 10.9. The minimum absolute atomic E-state index is 0.300. The average molecular weight is 344 g/mol. The third-order valence-corrected chi connectivity index (χ3v) is 3.99. The number of carbonyl (C=O) groups is 1. The molecule has 3 aromatic carbocycles. The maximum atomic E-state index is 10.9. The normalized spacial score (nSPS) is 10.8. The second-order valence-corrected chi connectivity index (χ2v) is 5.89. The molecule has 0 fully saturated rings. The Hall–Kier alpha value is -3.33. The van der Waals surface area contributed by atoms with Crippen LogP contribution in [-0.2, 0) is 6.42 Å². The van der Waals surface area contributed by atoms with E-state index in [0.29, 0.717) is 5.56 Å². The Morgan fingerprint density at radius 3 is 2.31 bits per heavy atom. The molecule has 0 aliphatic carbocycles. The highest BCUT2D eigenvalue weighted by Gasteiger charge is 2.03. The highest BCUT2D eigenvalue weighted by atomic mass is 16.5. The van der Waals surface area contributed by atoms with Gasteiger partial charge in [0.25, 0.3) is 0 Å². The molecule has 130 valence electrons. The molecule has 0 unspecified atom stereocenters. The Morgan fingerprint density at radius 2 is 1.58 bits per heavy atom. The molecule has 0 spiro atoms. The van der Waals surface area contributed by atoms with Crippen molar-refractivity contribution in [2.75, 3.05) is 0 Å². The van der Waals surface area contributed by atoms with Gasteiger partial charge >= 0.3 is 5.97 Å². The zero-order chi connectivity index (χ0) is 18.2. The van der Waals surface area contributed by atoms with E-state index in [2.05, 4.69) is 12.1 Å². The van der Waals surface area contributed by atoms with Crippen LogP contribution < -0.4 is 4.74 Å². The zero-order valence-electron chi connectivity index (χ0n) is 14.3. The first kappa shape index (κ1) is 17.5. The summed E-state index contributed by atoms with van der Waals surface area (Å²) in [5.74, 6) is 0.794. The molecule has 3 aromatic rings. The van der Waals surface area contributed by atoms with Gasteiger partial charge in [0.15, 0.2) is 0 Å². The summed E-state index contributed by atoms with van der Waals surface area (Å²) < 4.78 is 5.98. The number of hydrogen-bond donors (Lipinski definition) is 1. The molecule has 26 heavy (non-hydrogen) atoms. The van der Waals surface area contributed by atoms with E-state index in [9.17, 15) is 4.79 Å². The molecule has 1 N–H and O–H groups in total. The highest BCUT2D eigenvalue weighted by molar-refractivity contribution is 5.87. The van der Waals surface area contributed by atoms with Crippen LogP contribution in [0.4, 0.5) is 0 Å². The van der Waals surface area contributed by atoms with Gasteiger partial charge in [-0.3, -0.25) is 0 Å². The minimum Gasteiger partial charge on any atom is -0.478 e. The third-order valence-electron chi connectivity index (χ3n) is 3.99. The number of aryl methyl sites for hydroxylation is 1. The van der Waals surface area contributed by atoms with Gasteiger partial charge in [-0.05, 0) is 54.3 Å². The van der Waals surface area contributed by atoms with Gasteiger partial charge in [-0.2, -0.15) is 0 Å². The number of para-hydroxylation sites is 2. The summed E-state index contributed by atoms with van der Waals surface area (Å²) in [6, 6.07) is 24.7. The van der Waals surface area contributed by atoms with Crippen LogP contribution in [0.3, 0.4) is 0 Å². The van der Waals surface area contributed by atoms with E-state index in [0.717, 1.165) is 35.5 Å². The molecule has 0 saturated carbocycles. The topological polar surface area (TPSA) is 46.5 Å². The third kappa shape index (κ3) is 4.84. The standard InChI is InChI=1S/C23H20O3/c24-23(25)20-16-14-18(15-17-20)8-4-5-9-19-10-6-7-13-22(19)26-21-11-2-1-3-12-21/h1-4,6-8,10-17H,5,9H2,(H,24,25)/b8-4+. The predicted molar refractivity (Wildman–Crippen MR) is 104 cm³/mol. The number of hydrogen-bond acceptors (Lipinski definition) is 2. The van der Waals surface area contributed by atoms with Crippen LogP contribution >= 0.6 is 0 Å². The van der Waals surface area contributed by atoms with Gasteiger partial charge in [-0.15, -0.1) is 0 Å². The van der Waals surface area contributed by atoms with Crippen molar-refractivity contribution in [1.82, 2.24) is 0 Å². The molecule has 0 aromatic heterocycles. The summed E-state index contributed by atoms with van der Waals surface area (Å²) in [6.45, 7) is 0. The summed E-state index contributed by atoms with van der Waals surface area (Å²) >= 11 is 0. The molecule has 0 radical (unpaired) electrons. The smallest absolute Gasteiger partial charge is 0.335 e. The number of ether oxygens (including phenoxy) is 1. The summed E-state index contributed by atoms with van der Waals surface area (Å²) in [4.78, 5) is 10.9. The van der Waals surface area contributed by atoms with Crippen molar-refractivity contribution >= 4 is 12.0 Å². The van der Waals surface area contributed by atoms with Crippen LogP contribution in [0.25, 0.3) is 6.08 Å². The van der Waals surface area contributed by atoms with Gasteiger partial charge in [0.05, 0.1) is 5.56 Å². The summed E-state index contributed by atoms with van der Waals surface area (Å²) in [5.41, 5.74) is 2.44. The van der Waals surface area contributed by atoms with E-state index in [1.807, 2.05) is 66.7 Å². The molecule has 0 heterocycles. The highest BCUT2D eigenvalue weighted by Crippen LogP contribution is 2.26. The van der Waals surface area contributed by atoms with Crippen molar-refractivity contribution in [2.45, 2.75) is 12.8 Å². The van der Waals surface area contributed by atoms with Crippen LogP contribution in [0.15, 0.2) is 84.9 Å². The van der Waals surface area contributed by atoms with E-state index in [-0.39, 0.29) is 0 Å². The Balaban J connectivity index is 1.60. The fourth-order valence-corrected chi connectivity index (χ4v) is 2.62. The number of carboxylic acid groups (broad SMARTS) is 1. The average Bonchev–Trinajstić information content (AvgIpc) is 2.67. The molecule has 0 atom stereocenters. The number of allylic oxidation sites excluding steroid dienone is 1. The quantitative estimate of drug-likeness (QED) is 0.587. The zero-order valence-corrected chi connectivity index (χ0v) is 14.3. The summed E-state index contributed by atoms with van der Waals surface area (Å²) in [7, 11) is 0. The van der Waals surface area contributed by atoms with E-state index >= 15 is 0 Å². The van der Waals surface area contributed by atoms with E-state index in [4.69, 9.17) is 9.84 Å². The van der Waals surface area contributed by atoms with Gasteiger partial charge < -0.3 is 9.84 Å². The number of benzene rings is 3. The van der Waals surface area contributed by atoms with Crippen LogP contribution in [-0.4, -0.2) is 11.1 Å². The van der Waals surface area contributed by atoms with Crippen LogP contribution in [0.1, 0.15) is 27.9 Å². The van der Waals surface area contributed by atoms with E-state index < -0.39 is 5.97 Å². The molecule has 3 heteroatoms. The van der Waals surface area contributed by atoms with Gasteiger partial charge in [-0.1, -0.05) is 60.7 Å². The molecule has 0 amide bonds. The van der Waals surface area contributed by atoms with Crippen LogP contribution in [0.5, 0.6) is 11.5 Å². The molecule has 0 saturated heterocycles. The van der Waals surface area contributed by atoms with Gasteiger partial charge in [0.2, 0.25) is 0 Å². The van der Waals surface area contributed by atoms with Crippen molar-refractivity contribution in [3.63, 3.8) is 0 Å². The van der Waals surface area contributed by atoms with E-state index in [1.165, 1.54) is 0 Å². The Bertz CT molecular complexity index is 881. The lowest BCUT2D eigenvalue weighted by molar-refractivity contribution is 0.0697. The molecular weight excluding hydrogens is 324 g/mol. The second kappa shape index (κ2) is 8.67. The Morgan fingerprint density at radius 1 is 0.885 bits per heavy atom. The van der Waals surface area contributed by atoms with Gasteiger partial charge in [0.1, 0.15) is 11.5 Å². The van der Waals surface area contributed by atoms with Gasteiger partial charge in [0, 0.05) is 0 Å². The predicted octanol–water partition coefficient (Wildman–Crippen LogP) is 5.82. The molecule has 0 bridgehead atoms. The van der Waals surface area contributed by atoms with Crippen molar-refractivity contribution in [3.8, 4) is 11.5 Å². The SMILES string of the molecule is O=C(O)c1ccc(/C=C/CCc2ccccc2Oc2ccccc2)cc1. The fourth-order valence-electron chi connectivity index (χ4n) is 2.62. The summed E-state index contributed by atoms with van der Waals surface area (Å²) in [6.07, 6.45) is 5.84. The first-order valence-electron chi connectivity index (χ1n) is 8.53. The lowest BCUT2D eigenvalue weighted by Crippen LogP contribution is -1.94. The molecule has 0 aliphatic rings. The van der Waals surface area contributed by atoms with Crippen molar-refractivity contribution in [3.05, 3.63) is 102 Å². The van der Waals surface area contributed by atoms with E-state index in [1.54, 1.807) is 12.1 Å². The largest absolute Gasteiger partial charge is 0.478 e. The molecule has 3 nitrogen and oxygen atoms in total. The van der Waals surface area contributed by atoms with Crippen LogP contribution in [0.2, 0.25) is 0 Å². The Kier molecular flexibility index (Phi) is 5.84. The van der Waals surface area contributed by atoms with Crippen molar-refractivity contribution in [2.24, 2.45) is 0 Å². The fraction of sp³-hybridized carbons (Fsp3) is 0.0870. The monoisotopic (exact) mass is 344 g/mol. The first-order valence-corrected chi connectivity index (χ1v) is 8.53. The van der Waals surface area contributed by atoms with Crippen molar-refractivity contribution < 1.29 is 14.6 Å². The minimum atomic E-state index is -0.907. The molecule has 3 rings (SSSR count). The number of rotatable bonds is 7. The first-order chi connectivity index (χ1) is 12.7.